The molecule has 9 rings (SSSR count). The molecule has 1 aliphatic rings. The van der Waals surface area contributed by atoms with Gasteiger partial charge in [0, 0.05) is 28.1 Å². The number of aromatic nitrogens is 4. The van der Waals surface area contributed by atoms with Crippen molar-refractivity contribution in [3.05, 3.63) is 146 Å². The molecule has 1 aliphatic heterocycles. The SMILES string of the molecule is c1ccc([Si]2(c3cccc(-c4ccc5ccc6cccnc6c5n4)c3)c3ccccc3-c3nc4ccccc4n32)cc1. The third-order valence-corrected chi connectivity index (χ3v) is 13.3. The number of pyridine rings is 2. The molecule has 4 nitrogen and oxygen atoms in total. The summed E-state index contributed by atoms with van der Waals surface area (Å²) in [5, 5.41) is 6.19. The van der Waals surface area contributed by atoms with Crippen molar-refractivity contribution in [2.24, 2.45) is 0 Å². The lowest BCUT2D eigenvalue weighted by atomic mass is 10.1. The van der Waals surface area contributed by atoms with Crippen molar-refractivity contribution in [1.29, 1.82) is 0 Å². The minimum absolute atomic E-state index is 0.931. The summed E-state index contributed by atoms with van der Waals surface area (Å²) in [6.45, 7) is 0. The molecule has 196 valence electrons. The molecule has 0 radical (unpaired) electrons. The van der Waals surface area contributed by atoms with Crippen LogP contribution in [0.3, 0.4) is 0 Å². The molecule has 42 heavy (non-hydrogen) atoms. The molecule has 0 saturated heterocycles. The zero-order valence-corrected chi connectivity index (χ0v) is 23.6. The van der Waals surface area contributed by atoms with Gasteiger partial charge in [-0.3, -0.25) is 4.98 Å². The normalized spacial score (nSPS) is 15.7. The van der Waals surface area contributed by atoms with Crippen molar-refractivity contribution in [1.82, 2.24) is 19.2 Å². The van der Waals surface area contributed by atoms with Crippen LogP contribution >= 0.6 is 0 Å². The first-order chi connectivity index (χ1) is 20.8. The lowest BCUT2D eigenvalue weighted by Crippen LogP contribution is -2.70. The Balaban J connectivity index is 1.35. The van der Waals surface area contributed by atoms with Gasteiger partial charge >= 0.3 is 0 Å². The molecule has 0 bridgehead atoms. The van der Waals surface area contributed by atoms with Gasteiger partial charge in [-0.05, 0) is 39.8 Å². The molecule has 0 N–H and O–H groups in total. The highest BCUT2D eigenvalue weighted by atomic mass is 28.3. The zero-order valence-electron chi connectivity index (χ0n) is 22.6. The van der Waals surface area contributed by atoms with Gasteiger partial charge in [0.1, 0.15) is 5.82 Å². The molecular formula is C37H24N4Si. The Morgan fingerprint density at radius 2 is 1.31 bits per heavy atom. The van der Waals surface area contributed by atoms with E-state index in [9.17, 15) is 0 Å². The summed E-state index contributed by atoms with van der Waals surface area (Å²) < 4.78 is 2.58. The van der Waals surface area contributed by atoms with E-state index < -0.39 is 8.24 Å². The van der Waals surface area contributed by atoms with Crippen LogP contribution in [0.2, 0.25) is 0 Å². The largest absolute Gasteiger partial charge is 0.339 e. The zero-order chi connectivity index (χ0) is 27.7. The van der Waals surface area contributed by atoms with Crippen molar-refractivity contribution in [3.63, 3.8) is 0 Å². The molecule has 5 heteroatoms. The van der Waals surface area contributed by atoms with Gasteiger partial charge in [0.2, 0.25) is 0 Å². The summed E-state index contributed by atoms with van der Waals surface area (Å²) in [5.74, 6) is 1.05. The second-order valence-corrected chi connectivity index (χ2v) is 14.4. The number of benzene rings is 5. The van der Waals surface area contributed by atoms with E-state index in [0.29, 0.717) is 0 Å². The Hall–Kier alpha value is -5.39. The highest BCUT2D eigenvalue weighted by Gasteiger charge is 2.50. The molecule has 4 heterocycles. The standard InChI is InChI=1S/C37H24N4Si/c1-2-12-28(13-3-1)42(34-18-7-4-15-30(34)37-40-32-16-5-6-17-33(32)41(37)42)29-14-8-10-27(24-29)31-22-21-26-20-19-25-11-9-23-38-35(25)36(26)39-31/h1-24H. The summed E-state index contributed by atoms with van der Waals surface area (Å²) in [5.41, 5.74) is 7.33. The van der Waals surface area contributed by atoms with E-state index in [1.54, 1.807) is 0 Å². The van der Waals surface area contributed by atoms with Gasteiger partial charge in [-0.15, -0.1) is 0 Å². The number of imidazole rings is 1. The molecule has 0 amide bonds. The molecule has 3 aromatic heterocycles. The third-order valence-electron chi connectivity index (χ3n) is 8.65. The second kappa shape index (κ2) is 8.80. The van der Waals surface area contributed by atoms with Crippen LogP contribution in [0.5, 0.6) is 0 Å². The van der Waals surface area contributed by atoms with Gasteiger partial charge in [0.25, 0.3) is 8.24 Å². The minimum atomic E-state index is -2.79. The summed E-state index contributed by atoms with van der Waals surface area (Å²) in [7, 11) is -2.79. The predicted molar refractivity (Wildman–Crippen MR) is 174 cm³/mol. The summed E-state index contributed by atoms with van der Waals surface area (Å²) in [6, 6.07) is 50.1. The first kappa shape index (κ1) is 23.3. The number of para-hydroxylation sites is 2. The van der Waals surface area contributed by atoms with Crippen molar-refractivity contribution >= 4 is 56.6 Å². The van der Waals surface area contributed by atoms with Crippen molar-refractivity contribution in [2.45, 2.75) is 0 Å². The Morgan fingerprint density at radius 3 is 2.24 bits per heavy atom. The fraction of sp³-hybridized carbons (Fsp3) is 0. The van der Waals surface area contributed by atoms with Crippen LogP contribution in [0, 0.1) is 0 Å². The van der Waals surface area contributed by atoms with Crippen LogP contribution in [-0.4, -0.2) is 27.4 Å². The monoisotopic (exact) mass is 552 g/mol. The van der Waals surface area contributed by atoms with Gasteiger partial charge in [-0.25, -0.2) is 9.97 Å². The van der Waals surface area contributed by atoms with Crippen LogP contribution in [0.4, 0.5) is 0 Å². The van der Waals surface area contributed by atoms with E-state index in [2.05, 4.69) is 143 Å². The van der Waals surface area contributed by atoms with E-state index in [4.69, 9.17) is 9.97 Å². The van der Waals surface area contributed by atoms with Gasteiger partial charge in [-0.1, -0.05) is 115 Å². The van der Waals surface area contributed by atoms with Gasteiger partial charge in [0.05, 0.1) is 27.8 Å². The highest BCUT2D eigenvalue weighted by Crippen LogP contribution is 2.35. The van der Waals surface area contributed by atoms with E-state index in [1.165, 1.54) is 26.6 Å². The predicted octanol–water partition coefficient (Wildman–Crippen LogP) is 6.30. The van der Waals surface area contributed by atoms with E-state index >= 15 is 0 Å². The van der Waals surface area contributed by atoms with Crippen LogP contribution in [0.1, 0.15) is 0 Å². The second-order valence-electron chi connectivity index (χ2n) is 10.9. The average Bonchev–Trinajstić information content (AvgIpc) is 3.59. The molecule has 8 aromatic rings. The third kappa shape index (κ3) is 3.14. The van der Waals surface area contributed by atoms with Crippen LogP contribution in [-0.2, 0) is 0 Å². The molecule has 1 unspecified atom stereocenters. The highest BCUT2D eigenvalue weighted by molar-refractivity contribution is 7.12. The average molecular weight is 553 g/mol. The first-order valence-corrected chi connectivity index (χ1v) is 16.2. The lowest BCUT2D eigenvalue weighted by Gasteiger charge is -2.32. The maximum atomic E-state index is 5.20. The fourth-order valence-electron chi connectivity index (χ4n) is 6.86. The van der Waals surface area contributed by atoms with Crippen molar-refractivity contribution in [3.8, 4) is 22.6 Å². The molecule has 0 saturated carbocycles. The summed E-state index contributed by atoms with van der Waals surface area (Å²) >= 11 is 0. The van der Waals surface area contributed by atoms with Gasteiger partial charge < -0.3 is 4.23 Å². The number of rotatable bonds is 3. The minimum Gasteiger partial charge on any atom is -0.339 e. The molecule has 5 aromatic carbocycles. The molecule has 0 spiro atoms. The molecular weight excluding hydrogens is 529 g/mol. The van der Waals surface area contributed by atoms with Crippen LogP contribution < -0.4 is 15.6 Å². The Kier molecular flexibility index (Phi) is 4.89. The van der Waals surface area contributed by atoms with Gasteiger partial charge in [-0.2, -0.15) is 0 Å². The molecule has 0 aliphatic carbocycles. The maximum absolute atomic E-state index is 5.20. The Labute approximate surface area is 243 Å². The van der Waals surface area contributed by atoms with Crippen LogP contribution in [0.25, 0.3) is 55.5 Å². The van der Waals surface area contributed by atoms with E-state index in [0.717, 1.165) is 44.4 Å². The summed E-state index contributed by atoms with van der Waals surface area (Å²) in [6.07, 6.45) is 1.84. The number of nitrogens with zero attached hydrogens (tertiary/aromatic N) is 4. The van der Waals surface area contributed by atoms with Crippen LogP contribution in [0.15, 0.2) is 146 Å². The number of hydrogen-bond acceptors (Lipinski definition) is 3. The van der Waals surface area contributed by atoms with E-state index in [1.807, 2.05) is 12.3 Å². The maximum Gasteiger partial charge on any atom is 0.259 e. The van der Waals surface area contributed by atoms with Crippen molar-refractivity contribution in [2.75, 3.05) is 0 Å². The number of fused-ring (bicyclic) bond motifs is 8. The lowest BCUT2D eigenvalue weighted by molar-refractivity contribution is 1.23. The fourth-order valence-corrected chi connectivity index (χ4v) is 11.9. The van der Waals surface area contributed by atoms with Crippen molar-refractivity contribution < 1.29 is 0 Å². The quantitative estimate of drug-likeness (QED) is 0.191. The van der Waals surface area contributed by atoms with E-state index in [-0.39, 0.29) is 0 Å². The topological polar surface area (TPSA) is 43.6 Å². The molecule has 0 fully saturated rings. The van der Waals surface area contributed by atoms with Gasteiger partial charge in [0.15, 0.2) is 0 Å². The Morgan fingerprint density at radius 1 is 0.548 bits per heavy atom. The summed E-state index contributed by atoms with van der Waals surface area (Å²) in [4.78, 5) is 15.1. The smallest absolute Gasteiger partial charge is 0.259 e. The first-order valence-electron chi connectivity index (χ1n) is 14.2. The Bertz CT molecular complexity index is 2330. The molecule has 1 atom stereocenters. The number of hydrogen-bond donors (Lipinski definition) is 0.